The van der Waals surface area contributed by atoms with Crippen LogP contribution in [0, 0.1) is 5.92 Å². The van der Waals surface area contributed by atoms with Crippen molar-refractivity contribution in [3.05, 3.63) is 0 Å². The number of hydrogen-bond donors (Lipinski definition) is 1. The fraction of sp³-hybridized carbons (Fsp3) is 0.846. The van der Waals surface area contributed by atoms with Crippen LogP contribution in [0.5, 0.6) is 0 Å². The number of carbonyl (C=O) groups is 2. The standard InChI is InChI=1S/C13H23NO3S2/c1-8(2)11-14(9(6-18-11)12(16)17)10(15)7-19-13(3,4)5/h8-9,11H,6-7H2,1-5H3,(H,16,17). The highest BCUT2D eigenvalue weighted by Crippen LogP contribution is 2.35. The zero-order chi connectivity index (χ0) is 14.8. The first-order valence-electron chi connectivity index (χ1n) is 6.43. The molecule has 1 N–H and O–H groups in total. The van der Waals surface area contributed by atoms with Crippen molar-refractivity contribution in [1.29, 1.82) is 0 Å². The van der Waals surface area contributed by atoms with Crippen LogP contribution in [0.2, 0.25) is 0 Å². The molecule has 1 heterocycles. The number of hydrogen-bond acceptors (Lipinski definition) is 4. The smallest absolute Gasteiger partial charge is 0.327 e. The minimum absolute atomic E-state index is 0.00851. The highest BCUT2D eigenvalue weighted by Gasteiger charge is 2.42. The second kappa shape index (κ2) is 6.39. The number of thioether (sulfide) groups is 2. The molecule has 1 amide bonds. The van der Waals surface area contributed by atoms with Gasteiger partial charge in [0.1, 0.15) is 6.04 Å². The van der Waals surface area contributed by atoms with Crippen LogP contribution in [0.4, 0.5) is 0 Å². The summed E-state index contributed by atoms with van der Waals surface area (Å²) in [5, 5.41) is 9.23. The highest BCUT2D eigenvalue weighted by atomic mass is 32.2. The summed E-state index contributed by atoms with van der Waals surface area (Å²) in [6.45, 7) is 10.2. The van der Waals surface area contributed by atoms with Gasteiger partial charge in [0.05, 0.1) is 11.1 Å². The predicted octanol–water partition coefficient (Wildman–Crippen LogP) is 2.53. The van der Waals surface area contributed by atoms with Gasteiger partial charge in [-0.2, -0.15) is 0 Å². The highest BCUT2D eigenvalue weighted by molar-refractivity contribution is 8.01. The van der Waals surface area contributed by atoms with E-state index in [2.05, 4.69) is 20.8 Å². The molecular formula is C13H23NO3S2. The Hall–Kier alpha value is -0.360. The Labute approximate surface area is 123 Å². The number of carbonyl (C=O) groups excluding carboxylic acids is 1. The molecule has 1 fully saturated rings. The maximum atomic E-state index is 12.4. The van der Waals surface area contributed by atoms with Gasteiger partial charge >= 0.3 is 5.97 Å². The first-order chi connectivity index (χ1) is 8.63. The molecule has 6 heteroatoms. The fourth-order valence-corrected chi connectivity index (χ4v) is 4.10. The zero-order valence-electron chi connectivity index (χ0n) is 12.2. The van der Waals surface area contributed by atoms with Gasteiger partial charge in [-0.15, -0.1) is 23.5 Å². The van der Waals surface area contributed by atoms with Crippen LogP contribution < -0.4 is 0 Å². The van der Waals surface area contributed by atoms with E-state index in [0.717, 1.165) is 0 Å². The summed E-state index contributed by atoms with van der Waals surface area (Å²) < 4.78 is 0.00851. The van der Waals surface area contributed by atoms with Crippen molar-refractivity contribution in [3.8, 4) is 0 Å². The summed E-state index contributed by atoms with van der Waals surface area (Å²) in [6, 6.07) is -0.675. The second-order valence-corrected chi connectivity index (χ2v) is 8.98. The Morgan fingerprint density at radius 2 is 2.00 bits per heavy atom. The van der Waals surface area contributed by atoms with Crippen LogP contribution in [0.15, 0.2) is 0 Å². The summed E-state index contributed by atoms with van der Waals surface area (Å²) in [4.78, 5) is 25.2. The van der Waals surface area contributed by atoms with E-state index >= 15 is 0 Å². The van der Waals surface area contributed by atoms with Crippen molar-refractivity contribution in [3.63, 3.8) is 0 Å². The molecule has 0 saturated carbocycles. The molecule has 0 spiro atoms. The lowest BCUT2D eigenvalue weighted by Crippen LogP contribution is -2.48. The number of rotatable bonds is 4. The minimum Gasteiger partial charge on any atom is -0.480 e. The molecule has 19 heavy (non-hydrogen) atoms. The normalized spacial score (nSPS) is 24.0. The van der Waals surface area contributed by atoms with E-state index in [1.807, 2.05) is 13.8 Å². The molecule has 0 aromatic carbocycles. The lowest BCUT2D eigenvalue weighted by atomic mass is 10.1. The van der Waals surface area contributed by atoms with Gasteiger partial charge in [-0.05, 0) is 5.92 Å². The fourth-order valence-electron chi connectivity index (χ4n) is 1.90. The van der Waals surface area contributed by atoms with Gasteiger partial charge in [-0.25, -0.2) is 4.79 Å². The molecule has 0 aliphatic carbocycles. The van der Waals surface area contributed by atoms with E-state index < -0.39 is 12.0 Å². The second-order valence-electron chi connectivity index (χ2n) is 6.02. The molecule has 1 rings (SSSR count). The van der Waals surface area contributed by atoms with Crippen molar-refractivity contribution in [2.24, 2.45) is 5.92 Å². The van der Waals surface area contributed by atoms with Gasteiger partial charge in [0.25, 0.3) is 0 Å². The summed E-state index contributed by atoms with van der Waals surface area (Å²) >= 11 is 3.13. The van der Waals surface area contributed by atoms with Gasteiger partial charge in [-0.1, -0.05) is 34.6 Å². The average molecular weight is 305 g/mol. The largest absolute Gasteiger partial charge is 0.480 e. The van der Waals surface area contributed by atoms with Crippen molar-refractivity contribution in [2.45, 2.75) is 50.8 Å². The molecule has 4 nitrogen and oxygen atoms in total. The predicted molar refractivity (Wildman–Crippen MR) is 81.6 cm³/mol. The van der Waals surface area contributed by atoms with Crippen molar-refractivity contribution >= 4 is 35.4 Å². The van der Waals surface area contributed by atoms with Crippen molar-refractivity contribution in [2.75, 3.05) is 11.5 Å². The van der Waals surface area contributed by atoms with E-state index in [-0.39, 0.29) is 21.9 Å². The molecular weight excluding hydrogens is 282 g/mol. The molecule has 1 saturated heterocycles. The summed E-state index contributed by atoms with van der Waals surface area (Å²) in [7, 11) is 0. The van der Waals surface area contributed by atoms with E-state index in [1.165, 1.54) is 0 Å². The molecule has 0 aromatic heterocycles. The molecule has 2 atom stereocenters. The molecule has 110 valence electrons. The molecule has 1 aliphatic heterocycles. The minimum atomic E-state index is -0.898. The van der Waals surface area contributed by atoms with E-state index in [9.17, 15) is 14.7 Å². The average Bonchev–Trinajstić information content (AvgIpc) is 2.69. The van der Waals surface area contributed by atoms with Gasteiger partial charge in [0, 0.05) is 10.5 Å². The quantitative estimate of drug-likeness (QED) is 0.865. The first kappa shape index (κ1) is 16.7. The topological polar surface area (TPSA) is 57.6 Å². The Bertz CT molecular complexity index is 352. The molecule has 0 radical (unpaired) electrons. The summed E-state index contributed by atoms with van der Waals surface area (Å²) in [6.07, 6.45) is 0. The van der Waals surface area contributed by atoms with Crippen LogP contribution in [-0.4, -0.2) is 49.6 Å². The number of carboxylic acid groups (broad SMARTS) is 1. The lowest BCUT2D eigenvalue weighted by molar-refractivity contribution is -0.148. The maximum absolute atomic E-state index is 12.4. The Kier molecular flexibility index (Phi) is 5.62. The Balaban J connectivity index is 2.78. The van der Waals surface area contributed by atoms with E-state index in [1.54, 1.807) is 28.4 Å². The van der Waals surface area contributed by atoms with Crippen LogP contribution >= 0.6 is 23.5 Å². The zero-order valence-corrected chi connectivity index (χ0v) is 13.8. The molecule has 0 bridgehead atoms. The van der Waals surface area contributed by atoms with Gasteiger partial charge in [-0.3, -0.25) is 4.79 Å². The van der Waals surface area contributed by atoms with E-state index in [4.69, 9.17) is 0 Å². The maximum Gasteiger partial charge on any atom is 0.327 e. The number of aliphatic carboxylic acids is 1. The lowest BCUT2D eigenvalue weighted by Gasteiger charge is -2.30. The van der Waals surface area contributed by atoms with Crippen LogP contribution in [-0.2, 0) is 9.59 Å². The monoisotopic (exact) mass is 305 g/mol. The van der Waals surface area contributed by atoms with Crippen LogP contribution in [0.25, 0.3) is 0 Å². The number of nitrogens with zero attached hydrogens (tertiary/aromatic N) is 1. The molecule has 1 aliphatic rings. The molecule has 2 unspecified atom stereocenters. The third kappa shape index (κ3) is 4.60. The first-order valence-corrected chi connectivity index (χ1v) is 8.46. The van der Waals surface area contributed by atoms with Gasteiger partial charge < -0.3 is 10.0 Å². The van der Waals surface area contributed by atoms with Gasteiger partial charge in [0.15, 0.2) is 0 Å². The van der Waals surface area contributed by atoms with Crippen LogP contribution in [0.1, 0.15) is 34.6 Å². The van der Waals surface area contributed by atoms with E-state index in [0.29, 0.717) is 11.5 Å². The number of carboxylic acids is 1. The summed E-state index contributed by atoms with van der Waals surface area (Å²) in [5.41, 5.74) is 0. The number of amides is 1. The van der Waals surface area contributed by atoms with Gasteiger partial charge in [0.2, 0.25) is 5.91 Å². The third-order valence-electron chi connectivity index (χ3n) is 2.81. The Morgan fingerprint density at radius 1 is 1.42 bits per heavy atom. The third-order valence-corrected chi connectivity index (χ3v) is 5.69. The Morgan fingerprint density at radius 3 is 2.42 bits per heavy atom. The summed E-state index contributed by atoms with van der Waals surface area (Å²) in [5.74, 6) is 0.139. The SMILES string of the molecule is CC(C)C1SCC(C(=O)O)N1C(=O)CSC(C)(C)C. The van der Waals surface area contributed by atoms with Crippen molar-refractivity contribution < 1.29 is 14.7 Å². The molecule has 0 aromatic rings. The van der Waals surface area contributed by atoms with Crippen molar-refractivity contribution in [1.82, 2.24) is 4.90 Å². The van der Waals surface area contributed by atoms with Crippen LogP contribution in [0.3, 0.4) is 0 Å².